The second-order valence-corrected chi connectivity index (χ2v) is 5.55. The van der Waals surface area contributed by atoms with Crippen LogP contribution in [0.15, 0.2) is 46.2 Å². The highest BCUT2D eigenvalue weighted by Gasteiger charge is 2.26. The van der Waals surface area contributed by atoms with Gasteiger partial charge >= 0.3 is 11.9 Å². The summed E-state index contributed by atoms with van der Waals surface area (Å²) in [6.07, 6.45) is 0.446. The van der Waals surface area contributed by atoms with Gasteiger partial charge in [-0.15, -0.1) is 0 Å². The molecule has 1 aliphatic rings. The first-order valence-corrected chi connectivity index (χ1v) is 6.78. The van der Waals surface area contributed by atoms with Crippen LogP contribution >= 0.6 is 11.8 Å². The molecule has 0 saturated carbocycles. The molecule has 0 aliphatic carbocycles. The lowest BCUT2D eigenvalue weighted by Gasteiger charge is -2.21. The Hall–Kier alpha value is -2.27. The van der Waals surface area contributed by atoms with Crippen LogP contribution < -0.4 is 0 Å². The molecule has 2 aromatic carbocycles. The minimum atomic E-state index is -1.21. The van der Waals surface area contributed by atoms with Crippen LogP contribution in [0.25, 0.3) is 0 Å². The average Bonchev–Trinajstić information content (AvgIpc) is 2.43. The van der Waals surface area contributed by atoms with Crippen molar-refractivity contribution in [3.63, 3.8) is 0 Å². The Labute approximate surface area is 119 Å². The number of carboxylic acid groups (broad SMARTS) is 2. The van der Waals surface area contributed by atoms with E-state index in [1.54, 1.807) is 6.07 Å². The monoisotopic (exact) mass is 286 g/mol. The maximum Gasteiger partial charge on any atom is 0.336 e. The van der Waals surface area contributed by atoms with Gasteiger partial charge < -0.3 is 10.2 Å². The third-order valence-corrected chi connectivity index (χ3v) is 4.49. The van der Waals surface area contributed by atoms with E-state index in [-0.39, 0.29) is 11.1 Å². The summed E-state index contributed by atoms with van der Waals surface area (Å²) in [6, 6.07) is 10.8. The van der Waals surface area contributed by atoms with Gasteiger partial charge in [0, 0.05) is 16.2 Å². The highest BCUT2D eigenvalue weighted by molar-refractivity contribution is 7.99. The fraction of sp³-hybridized carbons (Fsp3) is 0.0667. The summed E-state index contributed by atoms with van der Waals surface area (Å²) >= 11 is 1.48. The molecule has 5 heteroatoms. The summed E-state index contributed by atoms with van der Waals surface area (Å²) in [5.74, 6) is -2.41. The second kappa shape index (κ2) is 4.68. The van der Waals surface area contributed by atoms with Gasteiger partial charge in [-0.05, 0) is 29.3 Å². The summed E-state index contributed by atoms with van der Waals surface area (Å²) in [5.41, 5.74) is 1.35. The fourth-order valence-corrected chi connectivity index (χ4v) is 3.47. The normalized spacial score (nSPS) is 12.4. The van der Waals surface area contributed by atoms with Crippen LogP contribution in [0.4, 0.5) is 0 Å². The molecule has 0 amide bonds. The van der Waals surface area contributed by atoms with E-state index in [4.69, 9.17) is 5.11 Å². The van der Waals surface area contributed by atoms with Gasteiger partial charge in [-0.3, -0.25) is 0 Å². The molecule has 0 spiro atoms. The molecule has 0 radical (unpaired) electrons. The summed E-state index contributed by atoms with van der Waals surface area (Å²) in [7, 11) is 0. The Kier molecular flexibility index (Phi) is 2.99. The zero-order valence-corrected chi connectivity index (χ0v) is 11.1. The molecule has 0 saturated heterocycles. The summed E-state index contributed by atoms with van der Waals surface area (Å²) in [5, 5.41) is 18.5. The molecule has 2 aromatic rings. The molecule has 1 aliphatic heterocycles. The Morgan fingerprint density at radius 1 is 0.950 bits per heavy atom. The largest absolute Gasteiger partial charge is 0.478 e. The number of aromatic carboxylic acids is 2. The van der Waals surface area contributed by atoms with Crippen molar-refractivity contribution >= 4 is 23.7 Å². The lowest BCUT2D eigenvalue weighted by molar-refractivity contribution is 0.0650. The summed E-state index contributed by atoms with van der Waals surface area (Å²) < 4.78 is 0. The van der Waals surface area contributed by atoms with Crippen LogP contribution in [-0.4, -0.2) is 22.2 Å². The molecule has 1 heterocycles. The molecule has 0 aromatic heterocycles. The molecule has 3 rings (SSSR count). The molecule has 0 bridgehead atoms. The number of carboxylic acids is 2. The maximum atomic E-state index is 11.4. The van der Waals surface area contributed by atoms with Gasteiger partial charge in [-0.1, -0.05) is 30.0 Å². The van der Waals surface area contributed by atoms with E-state index in [0.717, 1.165) is 15.4 Å². The molecular weight excluding hydrogens is 276 g/mol. The smallest absolute Gasteiger partial charge is 0.336 e. The van der Waals surface area contributed by atoms with Crippen LogP contribution in [-0.2, 0) is 6.42 Å². The molecule has 0 atom stereocenters. The SMILES string of the molecule is O=C(O)c1ccc2c(c1C(=O)O)Cc1ccccc1S2. The van der Waals surface area contributed by atoms with E-state index in [1.165, 1.54) is 17.8 Å². The minimum Gasteiger partial charge on any atom is -0.478 e. The summed E-state index contributed by atoms with van der Waals surface area (Å²) in [6.45, 7) is 0. The van der Waals surface area contributed by atoms with Gasteiger partial charge in [0.1, 0.15) is 0 Å². The zero-order chi connectivity index (χ0) is 14.3. The minimum absolute atomic E-state index is 0.1000. The fourth-order valence-electron chi connectivity index (χ4n) is 2.38. The van der Waals surface area contributed by atoms with Gasteiger partial charge in [-0.25, -0.2) is 9.59 Å². The van der Waals surface area contributed by atoms with Crippen LogP contribution in [0.3, 0.4) is 0 Å². The number of rotatable bonds is 2. The average molecular weight is 286 g/mol. The predicted molar refractivity (Wildman–Crippen MR) is 73.7 cm³/mol. The van der Waals surface area contributed by atoms with Crippen LogP contribution in [0.5, 0.6) is 0 Å². The van der Waals surface area contributed by atoms with Crippen LogP contribution in [0.1, 0.15) is 31.8 Å². The van der Waals surface area contributed by atoms with Gasteiger partial charge in [0.15, 0.2) is 0 Å². The molecule has 2 N–H and O–H groups in total. The second-order valence-electron chi connectivity index (χ2n) is 4.46. The first-order valence-electron chi connectivity index (χ1n) is 5.96. The van der Waals surface area contributed by atoms with Crippen molar-refractivity contribution in [2.45, 2.75) is 16.2 Å². The van der Waals surface area contributed by atoms with E-state index in [2.05, 4.69) is 0 Å². The first kappa shape index (κ1) is 12.7. The lowest BCUT2D eigenvalue weighted by Crippen LogP contribution is -2.14. The zero-order valence-electron chi connectivity index (χ0n) is 10.3. The van der Waals surface area contributed by atoms with Crippen molar-refractivity contribution < 1.29 is 19.8 Å². The van der Waals surface area contributed by atoms with Crippen molar-refractivity contribution in [1.82, 2.24) is 0 Å². The standard InChI is InChI=1S/C15H10O4S/c16-14(17)9-5-6-12-10(13(9)15(18)19)7-8-3-1-2-4-11(8)20-12/h1-6H,7H2,(H,16,17)(H,18,19). The van der Waals surface area contributed by atoms with Gasteiger partial charge in [-0.2, -0.15) is 0 Å². The quantitative estimate of drug-likeness (QED) is 0.757. The number of hydrogen-bond donors (Lipinski definition) is 2. The van der Waals surface area contributed by atoms with E-state index in [0.29, 0.717) is 12.0 Å². The van der Waals surface area contributed by atoms with Crippen molar-refractivity contribution in [2.24, 2.45) is 0 Å². The van der Waals surface area contributed by atoms with Crippen LogP contribution in [0.2, 0.25) is 0 Å². The molecular formula is C15H10O4S. The maximum absolute atomic E-state index is 11.4. The Balaban J connectivity index is 2.21. The van der Waals surface area contributed by atoms with Crippen molar-refractivity contribution in [3.8, 4) is 0 Å². The predicted octanol–water partition coefficient (Wildman–Crippen LogP) is 3.14. The number of fused-ring (bicyclic) bond motifs is 2. The number of hydrogen-bond acceptors (Lipinski definition) is 3. The van der Waals surface area contributed by atoms with E-state index in [1.807, 2.05) is 24.3 Å². The molecule has 20 heavy (non-hydrogen) atoms. The highest BCUT2D eigenvalue weighted by Crippen LogP contribution is 2.41. The Morgan fingerprint density at radius 3 is 2.40 bits per heavy atom. The molecule has 0 unspecified atom stereocenters. The van der Waals surface area contributed by atoms with Crippen molar-refractivity contribution in [2.75, 3.05) is 0 Å². The number of carbonyl (C=O) groups is 2. The number of benzene rings is 2. The van der Waals surface area contributed by atoms with E-state index in [9.17, 15) is 14.7 Å². The van der Waals surface area contributed by atoms with Crippen LogP contribution in [0, 0.1) is 0 Å². The Morgan fingerprint density at radius 2 is 1.70 bits per heavy atom. The molecule has 100 valence electrons. The van der Waals surface area contributed by atoms with E-state index < -0.39 is 11.9 Å². The topological polar surface area (TPSA) is 74.6 Å². The Bertz CT molecular complexity index is 737. The third kappa shape index (κ3) is 1.96. The van der Waals surface area contributed by atoms with Crippen molar-refractivity contribution in [3.05, 3.63) is 58.7 Å². The highest BCUT2D eigenvalue weighted by atomic mass is 32.2. The third-order valence-electron chi connectivity index (χ3n) is 3.27. The first-order chi connectivity index (χ1) is 9.58. The molecule has 4 nitrogen and oxygen atoms in total. The molecule has 0 fully saturated rings. The van der Waals surface area contributed by atoms with Gasteiger partial charge in [0.2, 0.25) is 0 Å². The van der Waals surface area contributed by atoms with E-state index >= 15 is 0 Å². The van der Waals surface area contributed by atoms with Gasteiger partial charge in [0.25, 0.3) is 0 Å². The summed E-state index contributed by atoms with van der Waals surface area (Å²) in [4.78, 5) is 24.5. The van der Waals surface area contributed by atoms with Crippen molar-refractivity contribution in [1.29, 1.82) is 0 Å². The van der Waals surface area contributed by atoms with Gasteiger partial charge in [0.05, 0.1) is 11.1 Å². The lowest BCUT2D eigenvalue weighted by atomic mass is 9.95.